The molecular formula is C22H22N2O3. The fraction of sp³-hybridized carbons (Fsp3) is 0.273. The maximum atomic E-state index is 11.9. The zero-order valence-corrected chi connectivity index (χ0v) is 15.5. The van der Waals surface area contributed by atoms with Crippen molar-refractivity contribution in [3.05, 3.63) is 69.6 Å². The van der Waals surface area contributed by atoms with E-state index in [2.05, 4.69) is 24.4 Å². The summed E-state index contributed by atoms with van der Waals surface area (Å²) >= 11 is 0. The van der Waals surface area contributed by atoms with Gasteiger partial charge in [0.25, 0.3) is 0 Å². The zero-order valence-electron chi connectivity index (χ0n) is 15.5. The number of benzene rings is 2. The molecule has 1 aliphatic heterocycles. The van der Waals surface area contributed by atoms with E-state index >= 15 is 0 Å². The van der Waals surface area contributed by atoms with E-state index in [0.29, 0.717) is 12.1 Å². The minimum Gasteiger partial charge on any atom is -0.423 e. The number of aryl methyl sites for hydroxylation is 1. The Kier molecular flexibility index (Phi) is 4.44. The SMILES string of the molecule is CCc1ccc2c(CNc3ccc4c(c3)CCN4C(C)=O)cc(=O)oc2c1. The van der Waals surface area contributed by atoms with Crippen LogP contribution in [0.3, 0.4) is 0 Å². The van der Waals surface area contributed by atoms with Gasteiger partial charge < -0.3 is 14.6 Å². The number of anilines is 2. The van der Waals surface area contributed by atoms with Gasteiger partial charge in [-0.05, 0) is 53.8 Å². The standard InChI is InChI=1S/C22H22N2O3/c1-3-15-4-6-19-17(12-22(26)27-21(19)10-15)13-23-18-5-7-20-16(11-18)8-9-24(20)14(2)25/h4-7,10-12,23H,3,8-9,13H2,1-2H3. The van der Waals surface area contributed by atoms with Crippen LogP contribution >= 0.6 is 0 Å². The van der Waals surface area contributed by atoms with Crippen LogP contribution in [0, 0.1) is 0 Å². The minimum absolute atomic E-state index is 0.0726. The van der Waals surface area contributed by atoms with Crippen molar-refractivity contribution in [3.8, 4) is 0 Å². The molecule has 0 unspecified atom stereocenters. The van der Waals surface area contributed by atoms with E-state index in [9.17, 15) is 9.59 Å². The Balaban J connectivity index is 1.59. The molecule has 2 heterocycles. The van der Waals surface area contributed by atoms with Gasteiger partial charge in [0, 0.05) is 42.8 Å². The molecule has 5 nitrogen and oxygen atoms in total. The van der Waals surface area contributed by atoms with E-state index in [0.717, 1.165) is 47.3 Å². The molecule has 0 atom stereocenters. The fourth-order valence-corrected chi connectivity index (χ4v) is 3.68. The summed E-state index contributed by atoms with van der Waals surface area (Å²) in [5.41, 5.74) is 5.49. The summed E-state index contributed by atoms with van der Waals surface area (Å²) in [6.45, 7) is 4.93. The summed E-state index contributed by atoms with van der Waals surface area (Å²) in [4.78, 5) is 25.4. The maximum Gasteiger partial charge on any atom is 0.336 e. The lowest BCUT2D eigenvalue weighted by Gasteiger charge is -2.15. The van der Waals surface area contributed by atoms with E-state index in [4.69, 9.17) is 4.42 Å². The van der Waals surface area contributed by atoms with Crippen molar-refractivity contribution in [3.63, 3.8) is 0 Å². The molecule has 1 amide bonds. The molecule has 1 aliphatic rings. The first kappa shape index (κ1) is 17.3. The van der Waals surface area contributed by atoms with Gasteiger partial charge in [-0.25, -0.2) is 4.79 Å². The normalized spacial score (nSPS) is 13.0. The lowest BCUT2D eigenvalue weighted by molar-refractivity contribution is -0.116. The highest BCUT2D eigenvalue weighted by Crippen LogP contribution is 2.31. The van der Waals surface area contributed by atoms with Crippen molar-refractivity contribution in [1.82, 2.24) is 0 Å². The van der Waals surface area contributed by atoms with E-state index in [1.807, 2.05) is 24.3 Å². The van der Waals surface area contributed by atoms with Crippen LogP contribution in [0.25, 0.3) is 11.0 Å². The number of carbonyl (C=O) groups excluding carboxylic acids is 1. The number of carbonyl (C=O) groups is 1. The molecule has 0 aliphatic carbocycles. The first-order valence-electron chi connectivity index (χ1n) is 9.25. The molecule has 5 heteroatoms. The average molecular weight is 362 g/mol. The summed E-state index contributed by atoms with van der Waals surface area (Å²) in [5.74, 6) is 0.0726. The van der Waals surface area contributed by atoms with Gasteiger partial charge in [0.2, 0.25) is 5.91 Å². The van der Waals surface area contributed by atoms with Crippen LogP contribution in [-0.2, 0) is 24.2 Å². The van der Waals surface area contributed by atoms with Crippen molar-refractivity contribution in [2.75, 3.05) is 16.8 Å². The third-order valence-corrected chi connectivity index (χ3v) is 5.14. The number of fused-ring (bicyclic) bond motifs is 2. The Labute approximate surface area is 157 Å². The van der Waals surface area contributed by atoms with Crippen molar-refractivity contribution in [2.45, 2.75) is 33.2 Å². The second-order valence-corrected chi connectivity index (χ2v) is 6.89. The molecule has 0 radical (unpaired) electrons. The van der Waals surface area contributed by atoms with Crippen LogP contribution in [0.2, 0.25) is 0 Å². The number of hydrogen-bond acceptors (Lipinski definition) is 4. The second-order valence-electron chi connectivity index (χ2n) is 6.89. The van der Waals surface area contributed by atoms with Crippen molar-refractivity contribution >= 4 is 28.3 Å². The largest absolute Gasteiger partial charge is 0.423 e. The van der Waals surface area contributed by atoms with Gasteiger partial charge in [-0.1, -0.05) is 19.1 Å². The predicted octanol–water partition coefficient (Wildman–Crippen LogP) is 3.88. The topological polar surface area (TPSA) is 62.6 Å². The third kappa shape index (κ3) is 3.33. The van der Waals surface area contributed by atoms with Gasteiger partial charge >= 0.3 is 5.63 Å². The highest BCUT2D eigenvalue weighted by atomic mass is 16.4. The van der Waals surface area contributed by atoms with Crippen LogP contribution < -0.4 is 15.8 Å². The lowest BCUT2D eigenvalue weighted by atomic mass is 10.1. The molecule has 0 bridgehead atoms. The van der Waals surface area contributed by atoms with Gasteiger partial charge in [-0.2, -0.15) is 0 Å². The molecule has 1 N–H and O–H groups in total. The Morgan fingerprint density at radius 1 is 1.19 bits per heavy atom. The number of nitrogens with one attached hydrogen (secondary N) is 1. The molecule has 1 aromatic heterocycles. The molecular weight excluding hydrogens is 340 g/mol. The predicted molar refractivity (Wildman–Crippen MR) is 107 cm³/mol. The number of hydrogen-bond donors (Lipinski definition) is 1. The maximum absolute atomic E-state index is 11.9. The molecule has 3 aromatic rings. The van der Waals surface area contributed by atoms with Crippen molar-refractivity contribution in [2.24, 2.45) is 0 Å². The Morgan fingerprint density at radius 2 is 2.04 bits per heavy atom. The van der Waals surface area contributed by atoms with Gasteiger partial charge in [0.1, 0.15) is 5.58 Å². The van der Waals surface area contributed by atoms with Crippen LogP contribution in [0.15, 0.2) is 51.7 Å². The second kappa shape index (κ2) is 6.91. The summed E-state index contributed by atoms with van der Waals surface area (Å²) in [7, 11) is 0. The smallest absolute Gasteiger partial charge is 0.336 e. The molecule has 4 rings (SSSR count). The Morgan fingerprint density at radius 3 is 2.81 bits per heavy atom. The van der Waals surface area contributed by atoms with Gasteiger partial charge in [-0.15, -0.1) is 0 Å². The van der Waals surface area contributed by atoms with E-state index in [-0.39, 0.29) is 11.5 Å². The van der Waals surface area contributed by atoms with E-state index in [1.54, 1.807) is 17.9 Å². The quantitative estimate of drug-likeness (QED) is 0.716. The number of nitrogens with zero attached hydrogens (tertiary/aromatic N) is 1. The first-order chi connectivity index (χ1) is 13.0. The van der Waals surface area contributed by atoms with E-state index in [1.165, 1.54) is 5.56 Å². The lowest BCUT2D eigenvalue weighted by Crippen LogP contribution is -2.25. The summed E-state index contributed by atoms with van der Waals surface area (Å²) in [6.07, 6.45) is 1.76. The summed E-state index contributed by atoms with van der Waals surface area (Å²) in [5, 5.41) is 4.35. The molecule has 2 aromatic carbocycles. The Bertz CT molecular complexity index is 1080. The number of amides is 1. The molecule has 0 saturated carbocycles. The number of rotatable bonds is 4. The van der Waals surface area contributed by atoms with Crippen LogP contribution in [0.5, 0.6) is 0 Å². The molecule has 0 fully saturated rings. The highest BCUT2D eigenvalue weighted by molar-refractivity contribution is 5.94. The molecule has 138 valence electrons. The third-order valence-electron chi connectivity index (χ3n) is 5.14. The summed E-state index contributed by atoms with van der Waals surface area (Å²) < 4.78 is 5.37. The monoisotopic (exact) mass is 362 g/mol. The van der Waals surface area contributed by atoms with E-state index < -0.39 is 0 Å². The van der Waals surface area contributed by atoms with Crippen LogP contribution in [0.1, 0.15) is 30.5 Å². The summed E-state index contributed by atoms with van der Waals surface area (Å²) in [6, 6.07) is 13.6. The fourth-order valence-electron chi connectivity index (χ4n) is 3.68. The molecule has 27 heavy (non-hydrogen) atoms. The van der Waals surface area contributed by atoms with Gasteiger partial charge in [-0.3, -0.25) is 4.79 Å². The van der Waals surface area contributed by atoms with Crippen molar-refractivity contribution < 1.29 is 9.21 Å². The average Bonchev–Trinajstić information content (AvgIpc) is 3.08. The van der Waals surface area contributed by atoms with Crippen LogP contribution in [-0.4, -0.2) is 12.5 Å². The molecule has 0 saturated heterocycles. The zero-order chi connectivity index (χ0) is 19.0. The first-order valence-corrected chi connectivity index (χ1v) is 9.25. The van der Waals surface area contributed by atoms with Crippen LogP contribution in [0.4, 0.5) is 11.4 Å². The van der Waals surface area contributed by atoms with Crippen molar-refractivity contribution in [1.29, 1.82) is 0 Å². The highest BCUT2D eigenvalue weighted by Gasteiger charge is 2.22. The minimum atomic E-state index is -0.335. The Hall–Kier alpha value is -3.08. The molecule has 0 spiro atoms. The van der Waals surface area contributed by atoms with Gasteiger partial charge in [0.05, 0.1) is 0 Å². The van der Waals surface area contributed by atoms with Gasteiger partial charge in [0.15, 0.2) is 0 Å².